The number of hydrogen-bond donors (Lipinski definition) is 0. The van der Waals surface area contributed by atoms with Crippen molar-refractivity contribution in [3.63, 3.8) is 0 Å². The van der Waals surface area contributed by atoms with Crippen LogP contribution in [0.2, 0.25) is 0 Å². The third-order valence-electron chi connectivity index (χ3n) is 4.24. The Morgan fingerprint density at radius 3 is 0.297 bits per heavy atom. The maximum atomic E-state index is 2.21. The summed E-state index contributed by atoms with van der Waals surface area (Å²) in [6.45, 7) is 26.5. The van der Waals surface area contributed by atoms with Crippen molar-refractivity contribution >= 4 is 67.9 Å². The molecule has 0 aliphatic rings. The van der Waals surface area contributed by atoms with Crippen LogP contribution in [0, 0.1) is 51.5 Å². The van der Waals surface area contributed by atoms with Crippen molar-refractivity contribution in [1.82, 2.24) is 0 Å². The third-order valence-corrected chi connectivity index (χ3v) is 4.24. The van der Waals surface area contributed by atoms with Gasteiger partial charge in [0.05, 0.1) is 0 Å². The molecule has 0 saturated heterocycles. The second-order valence-corrected chi connectivity index (χ2v) is 8.12. The van der Waals surface area contributed by atoms with Gasteiger partial charge in [-0.2, -0.15) is 0 Å². The first-order valence-electron chi connectivity index (χ1n) is 14.5. The molecule has 1 radical (unpaired) electrons. The van der Waals surface area contributed by atoms with Gasteiger partial charge in [0.2, 0.25) is 0 Å². The molecule has 0 rings (SSSR count). The van der Waals surface area contributed by atoms with Gasteiger partial charge in [-0.05, 0) is 0 Å². The van der Waals surface area contributed by atoms with Crippen LogP contribution in [0.25, 0.3) is 0 Å². The van der Waals surface area contributed by atoms with Crippen LogP contribution in [-0.4, -0.2) is 5.48 Å². The molecule has 0 atom stereocenters. The SMILES string of the molecule is Br.Br.Br.Br.CCCCC.CCCCC.CCCCC.CCCCC.CCCCC.CCCCC.O.[Ac].[CH3-]. The van der Waals surface area contributed by atoms with Gasteiger partial charge in [0.1, 0.15) is 0 Å². The fourth-order valence-electron chi connectivity index (χ4n) is 2.12. The minimum atomic E-state index is 0. The summed E-state index contributed by atoms with van der Waals surface area (Å²) < 4.78 is 0. The number of unbranched alkanes of at least 4 members (excludes halogenated alkanes) is 12. The van der Waals surface area contributed by atoms with Crippen LogP contribution in [-0.2, 0) is 0 Å². The zero-order valence-electron chi connectivity index (χ0n) is 28.4. The first-order chi connectivity index (χ1) is 14.5. The quantitative estimate of drug-likeness (QED) is 0.175. The Morgan fingerprint density at radius 2 is 0.297 bits per heavy atom. The molecule has 0 aliphatic carbocycles. The van der Waals surface area contributed by atoms with E-state index in [0.717, 1.165) is 0 Å². The molecule has 1 nitrogen and oxygen atoms in total. The largest absolute Gasteiger partial charge is 0.412 e. The van der Waals surface area contributed by atoms with Crippen LogP contribution in [0.15, 0.2) is 0 Å². The van der Waals surface area contributed by atoms with Gasteiger partial charge in [0, 0.05) is 44.1 Å². The molecule has 243 valence electrons. The van der Waals surface area contributed by atoms with Crippen LogP contribution < -0.4 is 0 Å². The van der Waals surface area contributed by atoms with Crippen molar-refractivity contribution < 1.29 is 49.5 Å². The predicted octanol–water partition coefficient (Wildman–Crippen LogP) is 15.1. The zero-order valence-corrected chi connectivity index (χ0v) is 40.0. The van der Waals surface area contributed by atoms with Gasteiger partial charge < -0.3 is 12.9 Å². The fraction of sp³-hybridized carbons (Fsp3) is 0.968. The minimum absolute atomic E-state index is 0. The van der Waals surface area contributed by atoms with E-state index >= 15 is 0 Å². The number of hydrogen-bond acceptors (Lipinski definition) is 0. The summed E-state index contributed by atoms with van der Waals surface area (Å²) in [7, 11) is 0. The molecule has 6 heteroatoms. The molecule has 0 saturated carbocycles. The number of halogens is 4. The van der Waals surface area contributed by atoms with Gasteiger partial charge in [0.25, 0.3) is 0 Å². The summed E-state index contributed by atoms with van der Waals surface area (Å²) in [6, 6.07) is 0. The van der Waals surface area contributed by atoms with Gasteiger partial charge in [-0.1, -0.05) is 199 Å². The summed E-state index contributed by atoms with van der Waals surface area (Å²) in [5, 5.41) is 0. The van der Waals surface area contributed by atoms with E-state index in [-0.39, 0.29) is 125 Å². The van der Waals surface area contributed by atoms with E-state index in [4.69, 9.17) is 0 Å². The monoisotopic (exact) mass is 1010 g/mol. The molecule has 0 aromatic carbocycles. The summed E-state index contributed by atoms with van der Waals surface area (Å²) >= 11 is 0. The molecule has 2 N–H and O–H groups in total. The topological polar surface area (TPSA) is 31.5 Å². The van der Waals surface area contributed by atoms with Crippen LogP contribution >= 0.6 is 67.9 Å². The Bertz CT molecular complexity index is 123. The summed E-state index contributed by atoms with van der Waals surface area (Å²) in [5.74, 6) is 0. The Morgan fingerprint density at radius 1 is 0.243 bits per heavy atom. The molecular weight excluding hydrogens is 935 g/mol. The first-order valence-corrected chi connectivity index (χ1v) is 14.5. The molecule has 0 bridgehead atoms. The summed E-state index contributed by atoms with van der Waals surface area (Å²) in [6.07, 6.45) is 24.5. The van der Waals surface area contributed by atoms with Crippen LogP contribution in [0.1, 0.15) is 199 Å². The Kier molecular flexibility index (Phi) is 287. The Hall–Kier alpha value is 3.32. The summed E-state index contributed by atoms with van der Waals surface area (Å²) in [5.41, 5.74) is 0. The normalized spacial score (nSPS) is 6.81. The maximum Gasteiger partial charge on any atom is 0 e. The molecular formula is C31H81AcBr4O-. The van der Waals surface area contributed by atoms with Crippen molar-refractivity contribution in [2.24, 2.45) is 0 Å². The van der Waals surface area contributed by atoms with Crippen LogP contribution in [0.4, 0.5) is 0 Å². The zero-order chi connectivity index (χ0) is 24.7. The summed E-state index contributed by atoms with van der Waals surface area (Å²) in [4.78, 5) is 0. The van der Waals surface area contributed by atoms with E-state index in [1.54, 1.807) is 0 Å². The Balaban J connectivity index is -0.0000000164. The van der Waals surface area contributed by atoms with E-state index in [1.165, 1.54) is 116 Å². The third kappa shape index (κ3) is 233. The average molecular weight is 1020 g/mol. The molecule has 0 unspecified atom stereocenters. The molecule has 0 aliphatic heterocycles. The van der Waals surface area contributed by atoms with E-state index in [2.05, 4.69) is 83.1 Å². The van der Waals surface area contributed by atoms with Crippen molar-refractivity contribution in [3.8, 4) is 0 Å². The molecule has 0 amide bonds. The molecule has 0 fully saturated rings. The minimum Gasteiger partial charge on any atom is -0.412 e. The first kappa shape index (κ1) is 83.5. The smallest absolute Gasteiger partial charge is 0 e. The molecule has 37 heavy (non-hydrogen) atoms. The van der Waals surface area contributed by atoms with Crippen LogP contribution in [0.3, 0.4) is 0 Å². The van der Waals surface area contributed by atoms with Gasteiger partial charge in [-0.15, -0.1) is 67.9 Å². The van der Waals surface area contributed by atoms with Crippen molar-refractivity contribution in [2.75, 3.05) is 0 Å². The fourth-order valence-corrected chi connectivity index (χ4v) is 2.12. The van der Waals surface area contributed by atoms with E-state index in [0.29, 0.717) is 0 Å². The second-order valence-electron chi connectivity index (χ2n) is 8.12. The average Bonchev–Trinajstić information content (AvgIpc) is 2.74. The maximum absolute atomic E-state index is 2.21. The second kappa shape index (κ2) is 127. The predicted molar refractivity (Wildman–Crippen MR) is 203 cm³/mol. The van der Waals surface area contributed by atoms with E-state index in [9.17, 15) is 0 Å². The number of rotatable bonds is 12. The molecule has 0 heterocycles. The molecule has 0 aromatic heterocycles. The Labute approximate surface area is 319 Å². The molecule has 0 aromatic rings. The molecule has 0 spiro atoms. The van der Waals surface area contributed by atoms with Crippen molar-refractivity contribution in [2.45, 2.75) is 199 Å². The van der Waals surface area contributed by atoms with E-state index in [1.807, 2.05) is 0 Å². The van der Waals surface area contributed by atoms with Gasteiger partial charge >= 0.3 is 0 Å². The van der Waals surface area contributed by atoms with Gasteiger partial charge in [0.15, 0.2) is 0 Å². The van der Waals surface area contributed by atoms with Crippen molar-refractivity contribution in [1.29, 1.82) is 0 Å². The van der Waals surface area contributed by atoms with E-state index < -0.39 is 0 Å². The standard InChI is InChI=1S/6C5H12.CH3.Ac.4BrH.H2O/c6*1-3-5-4-2;;;;;;;/h6*3-5H2,1-2H3;1H3;;4*1H;1H2/q;;;;;;-1;;;;;;. The van der Waals surface area contributed by atoms with Crippen molar-refractivity contribution in [3.05, 3.63) is 7.43 Å². The van der Waals surface area contributed by atoms with Gasteiger partial charge in [-0.3, -0.25) is 0 Å². The van der Waals surface area contributed by atoms with Gasteiger partial charge in [-0.25, -0.2) is 0 Å². The van der Waals surface area contributed by atoms with Crippen LogP contribution in [0.5, 0.6) is 0 Å².